The Morgan fingerprint density at radius 3 is 2.63 bits per heavy atom. The van der Waals surface area contributed by atoms with Crippen LogP contribution in [0.25, 0.3) is 0 Å². The number of pyridine rings is 1. The Kier molecular flexibility index (Phi) is 3.66. The number of halogens is 1. The molecule has 2 aromatic rings. The van der Waals surface area contributed by atoms with E-state index in [1.54, 1.807) is 25.4 Å². The zero-order valence-electron chi connectivity index (χ0n) is 10.3. The van der Waals surface area contributed by atoms with Gasteiger partial charge in [0.2, 0.25) is 5.03 Å². The highest BCUT2D eigenvalue weighted by molar-refractivity contribution is 7.89. The number of nitrogens with zero attached hydrogens (tertiary/aromatic N) is 2. The van der Waals surface area contributed by atoms with Gasteiger partial charge in [0.15, 0.2) is 5.82 Å². The molecule has 5 nitrogen and oxygen atoms in total. The predicted octanol–water partition coefficient (Wildman–Crippen LogP) is 1.89. The molecule has 0 saturated heterocycles. The molecule has 2 rings (SSSR count). The maximum absolute atomic E-state index is 13.5. The van der Waals surface area contributed by atoms with E-state index in [0.717, 1.165) is 6.07 Å². The summed E-state index contributed by atoms with van der Waals surface area (Å²) in [6.45, 7) is 3.31. The number of hydrogen-bond donors (Lipinski definition) is 1. The van der Waals surface area contributed by atoms with Crippen LogP contribution in [0.3, 0.4) is 0 Å². The molecule has 2 aromatic heterocycles. The summed E-state index contributed by atoms with van der Waals surface area (Å²) < 4.78 is 40.2. The van der Waals surface area contributed by atoms with Crippen molar-refractivity contribution in [1.29, 1.82) is 0 Å². The first-order valence-corrected chi connectivity index (χ1v) is 7.74. The van der Waals surface area contributed by atoms with Gasteiger partial charge in [0.25, 0.3) is 10.0 Å². The number of nitrogens with one attached hydrogen (secondary N) is 1. The third-order valence-corrected chi connectivity index (χ3v) is 5.02. The fourth-order valence-electron chi connectivity index (χ4n) is 1.53. The Morgan fingerprint density at radius 2 is 2.05 bits per heavy atom. The van der Waals surface area contributed by atoms with Crippen LogP contribution in [0.15, 0.2) is 34.9 Å². The van der Waals surface area contributed by atoms with Crippen molar-refractivity contribution in [3.05, 3.63) is 40.7 Å². The largest absolute Gasteiger partial charge is 0.261 e. The Bertz CT molecular complexity index is 669. The second kappa shape index (κ2) is 4.95. The van der Waals surface area contributed by atoms with Crippen LogP contribution in [-0.4, -0.2) is 18.4 Å². The summed E-state index contributed by atoms with van der Waals surface area (Å²) in [5.41, 5.74) is -0.934. The SMILES string of the molecule is CC(C)(NS(=O)(=O)c1ncccc1F)c1nccs1. The van der Waals surface area contributed by atoms with Gasteiger partial charge < -0.3 is 0 Å². The number of aromatic nitrogens is 2. The minimum atomic E-state index is -4.04. The summed E-state index contributed by atoms with van der Waals surface area (Å²) >= 11 is 1.32. The molecule has 0 unspecified atom stereocenters. The maximum atomic E-state index is 13.5. The molecule has 0 spiro atoms. The van der Waals surface area contributed by atoms with E-state index < -0.39 is 26.4 Å². The molecular weight excluding hydrogens is 289 g/mol. The first kappa shape index (κ1) is 14.0. The normalized spacial score (nSPS) is 12.6. The zero-order chi connectivity index (χ0) is 14.1. The van der Waals surface area contributed by atoms with Crippen molar-refractivity contribution < 1.29 is 12.8 Å². The van der Waals surface area contributed by atoms with Crippen molar-refractivity contribution in [3.63, 3.8) is 0 Å². The van der Waals surface area contributed by atoms with E-state index in [4.69, 9.17) is 0 Å². The topological polar surface area (TPSA) is 72.0 Å². The van der Waals surface area contributed by atoms with Crippen LogP contribution in [0.5, 0.6) is 0 Å². The fourth-order valence-corrected chi connectivity index (χ4v) is 3.70. The molecule has 0 aliphatic heterocycles. The number of hydrogen-bond acceptors (Lipinski definition) is 5. The average molecular weight is 301 g/mol. The lowest BCUT2D eigenvalue weighted by atomic mass is 10.1. The van der Waals surface area contributed by atoms with Crippen molar-refractivity contribution in [2.75, 3.05) is 0 Å². The van der Waals surface area contributed by atoms with Crippen LogP contribution in [0.4, 0.5) is 4.39 Å². The smallest absolute Gasteiger partial charge is 0.248 e. The standard InChI is InChI=1S/C11H12FN3O2S2/c1-11(2,10-14-6-7-18-10)15-19(16,17)9-8(12)4-3-5-13-9/h3-7,15H,1-2H3. The average Bonchev–Trinajstić information content (AvgIpc) is 2.81. The van der Waals surface area contributed by atoms with E-state index in [2.05, 4.69) is 14.7 Å². The molecule has 102 valence electrons. The second-order valence-electron chi connectivity index (χ2n) is 4.36. The molecule has 8 heteroatoms. The van der Waals surface area contributed by atoms with Gasteiger partial charge in [-0.3, -0.25) is 0 Å². The lowest BCUT2D eigenvalue weighted by Crippen LogP contribution is -2.41. The van der Waals surface area contributed by atoms with Gasteiger partial charge >= 0.3 is 0 Å². The molecule has 0 atom stereocenters. The molecular formula is C11H12FN3O2S2. The Hall–Kier alpha value is -1.38. The fraction of sp³-hybridized carbons (Fsp3) is 0.273. The quantitative estimate of drug-likeness (QED) is 0.936. The Labute approximate surface area is 114 Å². The molecule has 0 aliphatic rings. The summed E-state index contributed by atoms with van der Waals surface area (Å²) in [7, 11) is -4.04. The van der Waals surface area contributed by atoms with E-state index in [-0.39, 0.29) is 0 Å². The molecule has 0 saturated carbocycles. The van der Waals surface area contributed by atoms with Gasteiger partial charge in [0.05, 0.1) is 5.54 Å². The van der Waals surface area contributed by atoms with Crippen LogP contribution < -0.4 is 4.72 Å². The lowest BCUT2D eigenvalue weighted by molar-refractivity contribution is 0.463. The maximum Gasteiger partial charge on any atom is 0.261 e. The highest BCUT2D eigenvalue weighted by atomic mass is 32.2. The summed E-state index contributed by atoms with van der Waals surface area (Å²) in [6.07, 6.45) is 2.81. The van der Waals surface area contributed by atoms with Gasteiger partial charge in [-0.25, -0.2) is 22.8 Å². The number of thiazole rings is 1. The molecule has 19 heavy (non-hydrogen) atoms. The molecule has 2 heterocycles. The summed E-state index contributed by atoms with van der Waals surface area (Å²) in [6, 6.07) is 2.39. The summed E-state index contributed by atoms with van der Waals surface area (Å²) in [5.74, 6) is -0.884. The van der Waals surface area contributed by atoms with Crippen LogP contribution in [0.1, 0.15) is 18.9 Å². The predicted molar refractivity (Wildman–Crippen MR) is 69.7 cm³/mol. The van der Waals surface area contributed by atoms with Crippen LogP contribution in [0, 0.1) is 5.82 Å². The summed E-state index contributed by atoms with van der Waals surface area (Å²) in [4.78, 5) is 7.64. The van der Waals surface area contributed by atoms with Crippen LogP contribution >= 0.6 is 11.3 Å². The molecule has 1 N–H and O–H groups in total. The lowest BCUT2D eigenvalue weighted by Gasteiger charge is -2.23. The van der Waals surface area contributed by atoms with E-state index in [0.29, 0.717) is 5.01 Å². The first-order valence-electron chi connectivity index (χ1n) is 5.37. The molecule has 0 fully saturated rings. The molecule has 0 bridgehead atoms. The highest BCUT2D eigenvalue weighted by Gasteiger charge is 2.32. The van der Waals surface area contributed by atoms with Gasteiger partial charge in [-0.05, 0) is 26.0 Å². The van der Waals surface area contributed by atoms with Gasteiger partial charge in [-0.15, -0.1) is 11.3 Å². The van der Waals surface area contributed by atoms with E-state index in [1.807, 2.05) is 0 Å². The van der Waals surface area contributed by atoms with Crippen molar-refractivity contribution in [3.8, 4) is 0 Å². The molecule has 0 aliphatic carbocycles. The van der Waals surface area contributed by atoms with Crippen LogP contribution in [0.2, 0.25) is 0 Å². The van der Waals surface area contributed by atoms with E-state index in [1.165, 1.54) is 23.6 Å². The van der Waals surface area contributed by atoms with Gasteiger partial charge in [0, 0.05) is 17.8 Å². The number of sulfonamides is 1. The Morgan fingerprint density at radius 1 is 1.32 bits per heavy atom. The molecule has 0 amide bonds. The molecule has 0 aromatic carbocycles. The monoisotopic (exact) mass is 301 g/mol. The van der Waals surface area contributed by atoms with Crippen LogP contribution in [-0.2, 0) is 15.6 Å². The molecule has 0 radical (unpaired) electrons. The second-order valence-corrected chi connectivity index (χ2v) is 6.85. The first-order chi connectivity index (χ1) is 8.83. The minimum Gasteiger partial charge on any atom is -0.248 e. The van der Waals surface area contributed by atoms with Gasteiger partial charge in [-0.2, -0.15) is 4.72 Å². The van der Waals surface area contributed by atoms with Crippen molar-refractivity contribution in [1.82, 2.24) is 14.7 Å². The van der Waals surface area contributed by atoms with Crippen molar-refractivity contribution >= 4 is 21.4 Å². The van der Waals surface area contributed by atoms with E-state index in [9.17, 15) is 12.8 Å². The van der Waals surface area contributed by atoms with Crippen molar-refractivity contribution in [2.45, 2.75) is 24.4 Å². The van der Waals surface area contributed by atoms with Gasteiger partial charge in [-0.1, -0.05) is 0 Å². The van der Waals surface area contributed by atoms with Crippen molar-refractivity contribution in [2.24, 2.45) is 0 Å². The van der Waals surface area contributed by atoms with Gasteiger partial charge in [0.1, 0.15) is 5.01 Å². The zero-order valence-corrected chi connectivity index (χ0v) is 11.9. The van der Waals surface area contributed by atoms with E-state index >= 15 is 0 Å². The third kappa shape index (κ3) is 2.96. The minimum absolute atomic E-state index is 0.590. The highest BCUT2D eigenvalue weighted by Crippen LogP contribution is 2.24. The number of rotatable bonds is 4. The summed E-state index contributed by atoms with van der Waals surface area (Å²) in [5, 5.41) is 1.72. The Balaban J connectivity index is 2.35. The third-order valence-electron chi connectivity index (χ3n) is 2.34.